The third-order valence-electron chi connectivity index (χ3n) is 5.07. The van der Waals surface area contributed by atoms with Crippen LogP contribution in [-0.4, -0.2) is 43.6 Å². The average molecular weight is 423 g/mol. The van der Waals surface area contributed by atoms with E-state index in [9.17, 15) is 9.59 Å². The second-order valence-corrected chi connectivity index (χ2v) is 8.18. The van der Waals surface area contributed by atoms with Gasteiger partial charge in [-0.1, -0.05) is 38.1 Å². The highest BCUT2D eigenvalue weighted by molar-refractivity contribution is 6.36. The van der Waals surface area contributed by atoms with E-state index >= 15 is 0 Å². The number of carbonyl (C=O) groups excluding carboxylic acids is 2. The molecule has 1 aliphatic rings. The lowest BCUT2D eigenvalue weighted by Gasteiger charge is -2.15. The standard InChI is InChI=1S/C25H30N2O4/c1-16(2)15-31-20-10-8-19(9-11-20)22-23(25(29)27(24(22)28)12-13-30-5)26-21-14-17(3)6-7-18(21)4/h6-11,14,16,26H,12-13,15H2,1-5H3. The molecule has 0 fully saturated rings. The fourth-order valence-electron chi connectivity index (χ4n) is 3.33. The summed E-state index contributed by atoms with van der Waals surface area (Å²) in [5.41, 5.74) is 4.17. The van der Waals surface area contributed by atoms with Crippen LogP contribution < -0.4 is 10.1 Å². The molecule has 164 valence electrons. The number of ether oxygens (including phenoxy) is 2. The van der Waals surface area contributed by atoms with Crippen LogP contribution in [0.3, 0.4) is 0 Å². The zero-order chi connectivity index (χ0) is 22.5. The Morgan fingerprint density at radius 3 is 2.35 bits per heavy atom. The first kappa shape index (κ1) is 22.6. The number of nitrogens with one attached hydrogen (secondary N) is 1. The molecule has 0 saturated heterocycles. The second-order valence-electron chi connectivity index (χ2n) is 8.18. The highest BCUT2D eigenvalue weighted by Gasteiger charge is 2.39. The van der Waals surface area contributed by atoms with Crippen molar-refractivity contribution in [2.75, 3.05) is 32.2 Å². The predicted molar refractivity (Wildman–Crippen MR) is 122 cm³/mol. The molecule has 2 aromatic carbocycles. The van der Waals surface area contributed by atoms with Crippen LogP contribution in [0.25, 0.3) is 5.57 Å². The van der Waals surface area contributed by atoms with E-state index in [4.69, 9.17) is 9.47 Å². The molecule has 3 rings (SSSR count). The monoisotopic (exact) mass is 422 g/mol. The highest BCUT2D eigenvalue weighted by atomic mass is 16.5. The molecule has 0 spiro atoms. The van der Waals surface area contributed by atoms with Crippen molar-refractivity contribution in [3.8, 4) is 5.75 Å². The van der Waals surface area contributed by atoms with E-state index in [-0.39, 0.29) is 30.7 Å². The van der Waals surface area contributed by atoms with E-state index in [0.717, 1.165) is 22.6 Å². The fraction of sp³-hybridized carbons (Fsp3) is 0.360. The number of methoxy groups -OCH3 is 1. The van der Waals surface area contributed by atoms with Gasteiger partial charge in [-0.3, -0.25) is 14.5 Å². The van der Waals surface area contributed by atoms with Gasteiger partial charge in [0.2, 0.25) is 0 Å². The van der Waals surface area contributed by atoms with Crippen molar-refractivity contribution in [1.29, 1.82) is 0 Å². The Morgan fingerprint density at radius 1 is 1.00 bits per heavy atom. The van der Waals surface area contributed by atoms with Gasteiger partial charge in [-0.15, -0.1) is 0 Å². The molecular formula is C25H30N2O4. The minimum Gasteiger partial charge on any atom is -0.493 e. The highest BCUT2D eigenvalue weighted by Crippen LogP contribution is 2.32. The maximum atomic E-state index is 13.2. The normalized spacial score (nSPS) is 14.1. The van der Waals surface area contributed by atoms with Crippen LogP contribution in [0.2, 0.25) is 0 Å². The van der Waals surface area contributed by atoms with Crippen molar-refractivity contribution in [2.24, 2.45) is 5.92 Å². The van der Waals surface area contributed by atoms with Crippen LogP contribution in [0, 0.1) is 19.8 Å². The largest absolute Gasteiger partial charge is 0.493 e. The molecule has 1 aliphatic heterocycles. The van der Waals surface area contributed by atoms with Crippen molar-refractivity contribution < 1.29 is 19.1 Å². The Kier molecular flexibility index (Phi) is 7.13. The number of rotatable bonds is 9. The van der Waals surface area contributed by atoms with Gasteiger partial charge < -0.3 is 14.8 Å². The first-order valence-corrected chi connectivity index (χ1v) is 10.5. The lowest BCUT2D eigenvalue weighted by Crippen LogP contribution is -2.35. The Bertz CT molecular complexity index is 993. The lowest BCUT2D eigenvalue weighted by molar-refractivity contribution is -0.137. The Morgan fingerprint density at radius 2 is 1.71 bits per heavy atom. The predicted octanol–water partition coefficient (Wildman–Crippen LogP) is 4.18. The zero-order valence-electron chi connectivity index (χ0n) is 18.8. The van der Waals surface area contributed by atoms with Crippen LogP contribution >= 0.6 is 0 Å². The molecule has 1 N–H and O–H groups in total. The van der Waals surface area contributed by atoms with E-state index in [0.29, 0.717) is 23.7 Å². The summed E-state index contributed by atoms with van der Waals surface area (Å²) in [6.45, 7) is 9.22. The number of anilines is 1. The van der Waals surface area contributed by atoms with Crippen molar-refractivity contribution in [3.05, 3.63) is 64.9 Å². The summed E-state index contributed by atoms with van der Waals surface area (Å²) in [6, 6.07) is 13.3. The number of carbonyl (C=O) groups is 2. The number of hydrogen-bond donors (Lipinski definition) is 1. The minimum atomic E-state index is -0.349. The molecule has 0 atom stereocenters. The van der Waals surface area contributed by atoms with E-state index in [1.165, 1.54) is 4.90 Å². The molecule has 0 bridgehead atoms. The van der Waals surface area contributed by atoms with E-state index < -0.39 is 0 Å². The Balaban J connectivity index is 1.98. The van der Waals surface area contributed by atoms with E-state index in [1.54, 1.807) is 7.11 Å². The number of imide groups is 1. The summed E-state index contributed by atoms with van der Waals surface area (Å²) < 4.78 is 10.8. The van der Waals surface area contributed by atoms with Crippen LogP contribution in [0.4, 0.5) is 5.69 Å². The smallest absolute Gasteiger partial charge is 0.278 e. The van der Waals surface area contributed by atoms with Crippen LogP contribution in [0.5, 0.6) is 5.75 Å². The topological polar surface area (TPSA) is 67.9 Å². The minimum absolute atomic E-state index is 0.200. The van der Waals surface area contributed by atoms with Crippen molar-refractivity contribution in [2.45, 2.75) is 27.7 Å². The summed E-state index contributed by atoms with van der Waals surface area (Å²) in [7, 11) is 1.55. The van der Waals surface area contributed by atoms with Gasteiger partial charge in [0.25, 0.3) is 11.8 Å². The van der Waals surface area contributed by atoms with Gasteiger partial charge in [0.1, 0.15) is 11.4 Å². The van der Waals surface area contributed by atoms with Crippen molar-refractivity contribution in [3.63, 3.8) is 0 Å². The Hall–Kier alpha value is -3.12. The van der Waals surface area contributed by atoms with Gasteiger partial charge in [0, 0.05) is 12.8 Å². The molecule has 0 unspecified atom stereocenters. The third-order valence-corrected chi connectivity index (χ3v) is 5.07. The molecule has 0 saturated carbocycles. The first-order chi connectivity index (χ1) is 14.8. The summed E-state index contributed by atoms with van der Waals surface area (Å²) >= 11 is 0. The molecule has 2 amide bonds. The maximum absolute atomic E-state index is 13.2. The Labute approximate surface area is 183 Å². The van der Waals surface area contributed by atoms with Crippen LogP contribution in [0.15, 0.2) is 48.2 Å². The number of amides is 2. The number of hydrogen-bond acceptors (Lipinski definition) is 5. The quantitative estimate of drug-likeness (QED) is 0.614. The molecule has 0 aromatic heterocycles. The second kappa shape index (κ2) is 9.79. The third kappa shape index (κ3) is 5.14. The number of aryl methyl sites for hydroxylation is 2. The molecule has 1 heterocycles. The molecule has 0 radical (unpaired) electrons. The summed E-state index contributed by atoms with van der Waals surface area (Å²) in [5, 5.41) is 3.24. The van der Waals surface area contributed by atoms with Gasteiger partial charge in [-0.25, -0.2) is 0 Å². The van der Waals surface area contributed by atoms with Gasteiger partial charge in [0.05, 0.1) is 25.3 Å². The maximum Gasteiger partial charge on any atom is 0.278 e. The SMILES string of the molecule is COCCN1C(=O)C(Nc2cc(C)ccc2C)=C(c2ccc(OCC(C)C)cc2)C1=O. The van der Waals surface area contributed by atoms with Crippen LogP contribution in [0.1, 0.15) is 30.5 Å². The molecule has 6 nitrogen and oxygen atoms in total. The van der Waals surface area contributed by atoms with Crippen molar-refractivity contribution in [1.82, 2.24) is 4.90 Å². The molecular weight excluding hydrogens is 392 g/mol. The molecule has 2 aromatic rings. The van der Waals surface area contributed by atoms with Crippen molar-refractivity contribution >= 4 is 23.1 Å². The van der Waals surface area contributed by atoms with Gasteiger partial charge in [-0.05, 0) is 54.7 Å². The van der Waals surface area contributed by atoms with Crippen LogP contribution in [-0.2, 0) is 14.3 Å². The fourth-order valence-corrected chi connectivity index (χ4v) is 3.33. The number of nitrogens with zero attached hydrogens (tertiary/aromatic N) is 1. The van der Waals surface area contributed by atoms with Gasteiger partial charge in [-0.2, -0.15) is 0 Å². The summed E-state index contributed by atoms with van der Waals surface area (Å²) in [5.74, 6) is 0.470. The summed E-state index contributed by atoms with van der Waals surface area (Å²) in [6.07, 6.45) is 0. The molecule has 6 heteroatoms. The summed E-state index contributed by atoms with van der Waals surface area (Å²) in [4.78, 5) is 27.6. The van der Waals surface area contributed by atoms with E-state index in [1.807, 2.05) is 56.3 Å². The van der Waals surface area contributed by atoms with Gasteiger partial charge in [0.15, 0.2) is 0 Å². The first-order valence-electron chi connectivity index (χ1n) is 10.5. The van der Waals surface area contributed by atoms with Gasteiger partial charge >= 0.3 is 0 Å². The average Bonchev–Trinajstić information content (AvgIpc) is 2.97. The van der Waals surface area contributed by atoms with E-state index in [2.05, 4.69) is 19.2 Å². The molecule has 0 aliphatic carbocycles. The molecule has 31 heavy (non-hydrogen) atoms. The lowest BCUT2D eigenvalue weighted by atomic mass is 10.0. The number of benzene rings is 2. The zero-order valence-corrected chi connectivity index (χ0v) is 18.8.